The van der Waals surface area contributed by atoms with E-state index in [2.05, 4.69) is 5.32 Å². The predicted octanol–water partition coefficient (Wildman–Crippen LogP) is 3.13. The van der Waals surface area contributed by atoms with Gasteiger partial charge in [-0.25, -0.2) is 0 Å². The van der Waals surface area contributed by atoms with Crippen molar-refractivity contribution in [3.63, 3.8) is 0 Å². The maximum Gasteiger partial charge on any atom is 0.224 e. The predicted molar refractivity (Wildman–Crippen MR) is 82.5 cm³/mol. The number of aryl methyl sites for hydroxylation is 2. The van der Waals surface area contributed by atoms with Crippen LogP contribution in [0.5, 0.6) is 11.5 Å². The monoisotopic (exact) mass is 282 g/mol. The summed E-state index contributed by atoms with van der Waals surface area (Å²) in [5.74, 6) is 1.63. The molecule has 1 amide bonds. The number of carbonyl (C=O) groups is 1. The van der Waals surface area contributed by atoms with Crippen LogP contribution in [0.2, 0.25) is 0 Å². The van der Waals surface area contributed by atoms with E-state index in [1.165, 1.54) is 0 Å². The van der Waals surface area contributed by atoms with Crippen molar-refractivity contribution in [2.24, 2.45) is 5.73 Å². The number of benzene rings is 2. The fourth-order valence-corrected chi connectivity index (χ4v) is 2.48. The van der Waals surface area contributed by atoms with Gasteiger partial charge in [-0.3, -0.25) is 4.79 Å². The van der Waals surface area contributed by atoms with Crippen LogP contribution in [0.15, 0.2) is 36.4 Å². The van der Waals surface area contributed by atoms with Gasteiger partial charge in [0.05, 0.1) is 0 Å². The van der Waals surface area contributed by atoms with E-state index < -0.39 is 0 Å². The number of nitrogens with two attached hydrogens (primary N) is 1. The molecule has 0 radical (unpaired) electrons. The van der Waals surface area contributed by atoms with E-state index in [1.54, 1.807) is 0 Å². The van der Waals surface area contributed by atoms with Gasteiger partial charge in [0, 0.05) is 24.2 Å². The average Bonchev–Trinajstić information content (AvgIpc) is 2.48. The number of fused-ring (bicyclic) bond motifs is 1. The van der Waals surface area contributed by atoms with Crippen molar-refractivity contribution >= 4 is 11.6 Å². The highest BCUT2D eigenvalue weighted by molar-refractivity contribution is 5.94. The van der Waals surface area contributed by atoms with Crippen LogP contribution in [0, 0.1) is 6.92 Å². The molecule has 108 valence electrons. The highest BCUT2D eigenvalue weighted by Crippen LogP contribution is 2.31. The van der Waals surface area contributed by atoms with Crippen LogP contribution in [0.3, 0.4) is 0 Å². The summed E-state index contributed by atoms with van der Waals surface area (Å²) in [5, 5.41) is 2.87. The molecule has 3 rings (SSSR count). The molecule has 4 heteroatoms. The summed E-state index contributed by atoms with van der Waals surface area (Å²) in [6.45, 7) is 2.46. The van der Waals surface area contributed by atoms with Crippen molar-refractivity contribution in [1.29, 1.82) is 0 Å². The Balaban J connectivity index is 1.89. The van der Waals surface area contributed by atoms with Crippen LogP contribution >= 0.6 is 0 Å². The van der Waals surface area contributed by atoms with Gasteiger partial charge in [0.25, 0.3) is 0 Å². The van der Waals surface area contributed by atoms with Crippen LogP contribution in [0.1, 0.15) is 23.1 Å². The first-order valence-corrected chi connectivity index (χ1v) is 7.06. The van der Waals surface area contributed by atoms with Crippen LogP contribution in [0.25, 0.3) is 0 Å². The van der Waals surface area contributed by atoms with Gasteiger partial charge in [-0.05, 0) is 48.7 Å². The third-order valence-corrected chi connectivity index (χ3v) is 3.64. The molecule has 3 N–H and O–H groups in total. The summed E-state index contributed by atoms with van der Waals surface area (Å²) in [7, 11) is 0. The van der Waals surface area contributed by atoms with Gasteiger partial charge >= 0.3 is 0 Å². The number of carbonyl (C=O) groups excluding carboxylic acids is 1. The van der Waals surface area contributed by atoms with E-state index in [0.29, 0.717) is 13.0 Å². The SMILES string of the molecule is Cc1ccc(CN)c(Oc2ccc3c(c2)CCC(=O)N3)c1. The molecule has 0 aliphatic carbocycles. The quantitative estimate of drug-likeness (QED) is 0.909. The van der Waals surface area contributed by atoms with Crippen molar-refractivity contribution in [3.8, 4) is 11.5 Å². The molecular formula is C17H18N2O2. The van der Waals surface area contributed by atoms with Crippen LogP contribution in [-0.2, 0) is 17.8 Å². The van der Waals surface area contributed by atoms with Gasteiger partial charge in [-0.2, -0.15) is 0 Å². The lowest BCUT2D eigenvalue weighted by Crippen LogP contribution is -2.18. The van der Waals surface area contributed by atoms with Crippen molar-refractivity contribution in [3.05, 3.63) is 53.1 Å². The molecule has 0 aromatic heterocycles. The minimum Gasteiger partial charge on any atom is -0.457 e. The molecule has 21 heavy (non-hydrogen) atoms. The molecule has 2 aromatic rings. The second-order valence-corrected chi connectivity index (χ2v) is 5.28. The van der Waals surface area contributed by atoms with Crippen molar-refractivity contribution in [2.75, 3.05) is 5.32 Å². The Hall–Kier alpha value is -2.33. The normalized spacial score (nSPS) is 13.5. The molecule has 0 saturated heterocycles. The molecule has 0 fully saturated rings. The molecule has 0 atom stereocenters. The Morgan fingerprint density at radius 1 is 1.19 bits per heavy atom. The van der Waals surface area contributed by atoms with E-state index in [1.807, 2.05) is 43.3 Å². The zero-order valence-electron chi connectivity index (χ0n) is 12.0. The minimum atomic E-state index is 0.0697. The van der Waals surface area contributed by atoms with Gasteiger partial charge < -0.3 is 15.8 Å². The summed E-state index contributed by atoms with van der Waals surface area (Å²) in [4.78, 5) is 11.4. The molecule has 0 unspecified atom stereocenters. The Morgan fingerprint density at radius 3 is 2.86 bits per heavy atom. The first-order valence-electron chi connectivity index (χ1n) is 7.06. The number of hydrogen-bond acceptors (Lipinski definition) is 3. The molecule has 4 nitrogen and oxygen atoms in total. The topological polar surface area (TPSA) is 64.3 Å². The molecule has 1 aliphatic rings. The van der Waals surface area contributed by atoms with E-state index in [-0.39, 0.29) is 5.91 Å². The third kappa shape index (κ3) is 2.90. The molecule has 1 aliphatic heterocycles. The first kappa shape index (κ1) is 13.6. The maximum atomic E-state index is 11.4. The number of amides is 1. The zero-order valence-corrected chi connectivity index (χ0v) is 12.0. The third-order valence-electron chi connectivity index (χ3n) is 3.64. The fraction of sp³-hybridized carbons (Fsp3) is 0.235. The van der Waals surface area contributed by atoms with Crippen LogP contribution in [-0.4, -0.2) is 5.91 Å². The van der Waals surface area contributed by atoms with Gasteiger partial charge in [0.1, 0.15) is 11.5 Å². The number of hydrogen-bond donors (Lipinski definition) is 2. The number of nitrogens with one attached hydrogen (secondary N) is 1. The summed E-state index contributed by atoms with van der Waals surface area (Å²) in [6, 6.07) is 11.7. The van der Waals surface area contributed by atoms with Crippen molar-refractivity contribution < 1.29 is 9.53 Å². The Morgan fingerprint density at radius 2 is 2.05 bits per heavy atom. The minimum absolute atomic E-state index is 0.0697. The second-order valence-electron chi connectivity index (χ2n) is 5.28. The Kier molecular flexibility index (Phi) is 3.62. The average molecular weight is 282 g/mol. The molecule has 0 saturated carbocycles. The number of ether oxygens (including phenoxy) is 1. The van der Waals surface area contributed by atoms with E-state index in [4.69, 9.17) is 10.5 Å². The largest absolute Gasteiger partial charge is 0.457 e. The first-order chi connectivity index (χ1) is 10.2. The molecular weight excluding hydrogens is 264 g/mol. The maximum absolute atomic E-state index is 11.4. The van der Waals surface area contributed by atoms with Gasteiger partial charge in [0.15, 0.2) is 0 Å². The summed E-state index contributed by atoms with van der Waals surface area (Å²) in [5.41, 5.74) is 9.85. The lowest BCUT2D eigenvalue weighted by Gasteiger charge is -2.18. The van der Waals surface area contributed by atoms with E-state index in [0.717, 1.165) is 40.3 Å². The van der Waals surface area contributed by atoms with Gasteiger partial charge in [-0.15, -0.1) is 0 Å². The highest BCUT2D eigenvalue weighted by atomic mass is 16.5. The van der Waals surface area contributed by atoms with Crippen LogP contribution in [0.4, 0.5) is 5.69 Å². The lowest BCUT2D eigenvalue weighted by molar-refractivity contribution is -0.116. The van der Waals surface area contributed by atoms with Crippen LogP contribution < -0.4 is 15.8 Å². The van der Waals surface area contributed by atoms with Crippen molar-refractivity contribution in [1.82, 2.24) is 0 Å². The Labute approximate surface area is 123 Å². The molecule has 0 spiro atoms. The fourth-order valence-electron chi connectivity index (χ4n) is 2.48. The number of rotatable bonds is 3. The molecule has 0 bridgehead atoms. The standard InChI is InChI=1S/C17H18N2O2/c1-11-2-3-13(10-18)16(8-11)21-14-5-6-15-12(9-14)4-7-17(20)19-15/h2-3,5-6,8-9H,4,7,10,18H2,1H3,(H,19,20). The zero-order chi connectivity index (χ0) is 14.8. The second kappa shape index (κ2) is 5.58. The van der Waals surface area contributed by atoms with Gasteiger partial charge in [0.2, 0.25) is 5.91 Å². The summed E-state index contributed by atoms with van der Waals surface area (Å²) in [6.07, 6.45) is 1.27. The van der Waals surface area contributed by atoms with E-state index in [9.17, 15) is 4.79 Å². The van der Waals surface area contributed by atoms with Crippen molar-refractivity contribution in [2.45, 2.75) is 26.3 Å². The Bertz CT molecular complexity index is 695. The summed E-state index contributed by atoms with van der Waals surface area (Å²) >= 11 is 0. The highest BCUT2D eigenvalue weighted by Gasteiger charge is 2.15. The summed E-state index contributed by atoms with van der Waals surface area (Å²) < 4.78 is 5.98. The molecule has 2 aromatic carbocycles. The number of anilines is 1. The van der Waals surface area contributed by atoms with Gasteiger partial charge in [-0.1, -0.05) is 12.1 Å². The smallest absolute Gasteiger partial charge is 0.224 e. The van der Waals surface area contributed by atoms with E-state index >= 15 is 0 Å². The lowest BCUT2D eigenvalue weighted by atomic mass is 10.0. The molecule has 1 heterocycles.